The van der Waals surface area contributed by atoms with Gasteiger partial charge in [0.1, 0.15) is 12.4 Å². The van der Waals surface area contributed by atoms with Gasteiger partial charge in [0.05, 0.1) is 12.2 Å². The van der Waals surface area contributed by atoms with Gasteiger partial charge in [0.2, 0.25) is 5.91 Å². The highest BCUT2D eigenvalue weighted by atomic mass is 16.5. The second-order valence-electron chi connectivity index (χ2n) is 6.02. The molecule has 6 heteroatoms. The molecule has 2 amide bonds. The molecule has 0 aromatic heterocycles. The van der Waals surface area contributed by atoms with Gasteiger partial charge in [-0.1, -0.05) is 32.0 Å². The van der Waals surface area contributed by atoms with E-state index in [0.29, 0.717) is 35.9 Å². The Bertz CT molecular complexity index is 759. The van der Waals surface area contributed by atoms with E-state index in [-0.39, 0.29) is 17.7 Å². The Hall–Kier alpha value is -2.86. The molecule has 0 heterocycles. The molecule has 6 nitrogen and oxygen atoms in total. The van der Waals surface area contributed by atoms with Crippen molar-refractivity contribution in [3.8, 4) is 5.75 Å². The Morgan fingerprint density at radius 3 is 2.35 bits per heavy atom. The minimum Gasteiger partial charge on any atom is -0.490 e. The van der Waals surface area contributed by atoms with Gasteiger partial charge in [0.15, 0.2) is 0 Å². The van der Waals surface area contributed by atoms with Gasteiger partial charge in [-0.25, -0.2) is 0 Å². The zero-order chi connectivity index (χ0) is 18.9. The zero-order valence-corrected chi connectivity index (χ0v) is 15.2. The number of para-hydroxylation sites is 1. The van der Waals surface area contributed by atoms with Gasteiger partial charge in [-0.3, -0.25) is 9.59 Å². The number of rotatable bonds is 8. The topological polar surface area (TPSA) is 76.7 Å². The van der Waals surface area contributed by atoms with Crippen molar-refractivity contribution >= 4 is 23.2 Å². The van der Waals surface area contributed by atoms with E-state index in [1.54, 1.807) is 55.6 Å². The van der Waals surface area contributed by atoms with Crippen molar-refractivity contribution in [2.75, 3.05) is 31.0 Å². The smallest absolute Gasteiger partial charge is 0.259 e. The van der Waals surface area contributed by atoms with Crippen molar-refractivity contribution in [1.29, 1.82) is 0 Å². The zero-order valence-electron chi connectivity index (χ0n) is 15.2. The maximum atomic E-state index is 12.6. The molecule has 0 aliphatic heterocycles. The van der Waals surface area contributed by atoms with Crippen LogP contribution in [0.25, 0.3) is 0 Å². The fraction of sp³-hybridized carbons (Fsp3) is 0.300. The summed E-state index contributed by atoms with van der Waals surface area (Å²) in [5, 5.41) is 5.64. The van der Waals surface area contributed by atoms with Crippen LogP contribution in [-0.2, 0) is 9.53 Å². The normalized spacial score (nSPS) is 10.5. The second kappa shape index (κ2) is 9.58. The number of hydrogen-bond donors (Lipinski definition) is 2. The van der Waals surface area contributed by atoms with E-state index in [4.69, 9.17) is 9.47 Å². The summed E-state index contributed by atoms with van der Waals surface area (Å²) in [6.45, 7) is 4.44. The molecule has 26 heavy (non-hydrogen) atoms. The molecule has 0 aliphatic carbocycles. The number of carbonyl (C=O) groups is 2. The van der Waals surface area contributed by atoms with Gasteiger partial charge in [-0.05, 0) is 30.3 Å². The molecule has 2 aromatic carbocycles. The van der Waals surface area contributed by atoms with Gasteiger partial charge < -0.3 is 20.1 Å². The van der Waals surface area contributed by atoms with E-state index in [9.17, 15) is 9.59 Å². The largest absolute Gasteiger partial charge is 0.490 e. The summed E-state index contributed by atoms with van der Waals surface area (Å²) in [5.74, 6) is 0.00593. The van der Waals surface area contributed by atoms with Gasteiger partial charge in [0.25, 0.3) is 5.91 Å². The van der Waals surface area contributed by atoms with Crippen LogP contribution >= 0.6 is 0 Å². The lowest BCUT2D eigenvalue weighted by atomic mass is 10.1. The lowest BCUT2D eigenvalue weighted by molar-refractivity contribution is -0.118. The number of anilines is 2. The standard InChI is InChI=1S/C20H24N2O4/c1-14(2)19(23)21-15-7-6-8-16(13-15)22-20(24)17-9-4-5-10-18(17)26-12-11-25-3/h4-10,13-14H,11-12H2,1-3H3,(H,21,23)(H,22,24). The Balaban J connectivity index is 2.09. The van der Waals surface area contributed by atoms with Crippen molar-refractivity contribution in [1.82, 2.24) is 0 Å². The van der Waals surface area contributed by atoms with E-state index in [2.05, 4.69) is 10.6 Å². The second-order valence-corrected chi connectivity index (χ2v) is 6.02. The third kappa shape index (κ3) is 5.60. The highest BCUT2D eigenvalue weighted by Crippen LogP contribution is 2.21. The lowest BCUT2D eigenvalue weighted by Crippen LogP contribution is -2.18. The Morgan fingerprint density at radius 1 is 0.962 bits per heavy atom. The predicted molar refractivity (Wildman–Crippen MR) is 102 cm³/mol. The average molecular weight is 356 g/mol. The number of hydrogen-bond acceptors (Lipinski definition) is 4. The summed E-state index contributed by atoms with van der Waals surface area (Å²) >= 11 is 0. The molecule has 2 rings (SSSR count). The number of ether oxygens (including phenoxy) is 2. The molecule has 0 saturated heterocycles. The molecule has 0 fully saturated rings. The molecule has 0 unspecified atom stereocenters. The van der Waals surface area contributed by atoms with Crippen LogP contribution in [0.2, 0.25) is 0 Å². The third-order valence-electron chi connectivity index (χ3n) is 3.59. The minimum atomic E-state index is -0.287. The molecule has 0 aliphatic rings. The first-order valence-corrected chi connectivity index (χ1v) is 8.44. The van der Waals surface area contributed by atoms with Gasteiger partial charge >= 0.3 is 0 Å². The number of amides is 2. The molecular formula is C20H24N2O4. The molecule has 0 saturated carbocycles. The molecule has 0 radical (unpaired) electrons. The first kappa shape index (κ1) is 19.5. The highest BCUT2D eigenvalue weighted by Gasteiger charge is 2.13. The SMILES string of the molecule is COCCOc1ccccc1C(=O)Nc1cccc(NC(=O)C(C)C)c1. The first-order chi connectivity index (χ1) is 12.5. The van der Waals surface area contributed by atoms with Crippen molar-refractivity contribution in [2.45, 2.75) is 13.8 Å². The van der Waals surface area contributed by atoms with Crippen LogP contribution in [0, 0.1) is 5.92 Å². The molecule has 138 valence electrons. The lowest BCUT2D eigenvalue weighted by Gasteiger charge is -2.13. The van der Waals surface area contributed by atoms with Crippen molar-refractivity contribution < 1.29 is 19.1 Å². The fourth-order valence-electron chi connectivity index (χ4n) is 2.17. The fourth-order valence-corrected chi connectivity index (χ4v) is 2.17. The quantitative estimate of drug-likeness (QED) is 0.709. The van der Waals surface area contributed by atoms with E-state index in [1.807, 2.05) is 13.8 Å². The monoisotopic (exact) mass is 356 g/mol. The van der Waals surface area contributed by atoms with Gasteiger partial charge in [0, 0.05) is 24.4 Å². The summed E-state index contributed by atoms with van der Waals surface area (Å²) in [6.07, 6.45) is 0. The maximum Gasteiger partial charge on any atom is 0.259 e. The number of benzene rings is 2. The van der Waals surface area contributed by atoms with Crippen LogP contribution in [-0.4, -0.2) is 32.1 Å². The van der Waals surface area contributed by atoms with Crippen LogP contribution in [0.15, 0.2) is 48.5 Å². The van der Waals surface area contributed by atoms with Gasteiger partial charge in [-0.15, -0.1) is 0 Å². The molecule has 0 atom stereocenters. The number of nitrogens with one attached hydrogen (secondary N) is 2. The summed E-state index contributed by atoms with van der Waals surface area (Å²) in [7, 11) is 1.59. The van der Waals surface area contributed by atoms with Crippen molar-refractivity contribution in [2.24, 2.45) is 5.92 Å². The first-order valence-electron chi connectivity index (χ1n) is 8.44. The Labute approximate surface area is 153 Å². The molecule has 0 spiro atoms. The maximum absolute atomic E-state index is 12.6. The molecular weight excluding hydrogens is 332 g/mol. The van der Waals surface area contributed by atoms with Crippen LogP contribution < -0.4 is 15.4 Å². The Kier molecular flexibility index (Phi) is 7.17. The summed E-state index contributed by atoms with van der Waals surface area (Å²) in [6, 6.07) is 14.0. The van der Waals surface area contributed by atoms with Crippen molar-refractivity contribution in [3.63, 3.8) is 0 Å². The predicted octanol–water partition coefficient (Wildman–Crippen LogP) is 3.56. The Morgan fingerprint density at radius 2 is 1.65 bits per heavy atom. The summed E-state index contributed by atoms with van der Waals surface area (Å²) < 4.78 is 10.6. The number of methoxy groups -OCH3 is 1. The van der Waals surface area contributed by atoms with Crippen molar-refractivity contribution in [3.05, 3.63) is 54.1 Å². The minimum absolute atomic E-state index is 0.0784. The molecule has 2 N–H and O–H groups in total. The highest BCUT2D eigenvalue weighted by molar-refractivity contribution is 6.06. The van der Waals surface area contributed by atoms with Crippen LogP contribution in [0.4, 0.5) is 11.4 Å². The van der Waals surface area contributed by atoms with Gasteiger partial charge in [-0.2, -0.15) is 0 Å². The average Bonchev–Trinajstić information content (AvgIpc) is 2.62. The van der Waals surface area contributed by atoms with Crippen LogP contribution in [0.1, 0.15) is 24.2 Å². The summed E-state index contributed by atoms with van der Waals surface area (Å²) in [4.78, 5) is 24.4. The molecule has 0 bridgehead atoms. The third-order valence-corrected chi connectivity index (χ3v) is 3.59. The van der Waals surface area contributed by atoms with Crippen LogP contribution in [0.3, 0.4) is 0 Å². The van der Waals surface area contributed by atoms with E-state index in [1.165, 1.54) is 0 Å². The van der Waals surface area contributed by atoms with Crippen LogP contribution in [0.5, 0.6) is 5.75 Å². The summed E-state index contributed by atoms with van der Waals surface area (Å²) in [5.41, 5.74) is 1.65. The van der Waals surface area contributed by atoms with E-state index < -0.39 is 0 Å². The van der Waals surface area contributed by atoms with E-state index in [0.717, 1.165) is 0 Å². The van der Waals surface area contributed by atoms with E-state index >= 15 is 0 Å². The molecule has 2 aromatic rings. The number of carbonyl (C=O) groups excluding carboxylic acids is 2.